The van der Waals surface area contributed by atoms with Crippen molar-refractivity contribution >= 4 is 33.4 Å². The van der Waals surface area contributed by atoms with Crippen LogP contribution in [-0.2, 0) is 4.79 Å². The van der Waals surface area contributed by atoms with Gasteiger partial charge in [0.1, 0.15) is 11.6 Å². The van der Waals surface area contributed by atoms with Gasteiger partial charge in [0.05, 0.1) is 15.7 Å². The van der Waals surface area contributed by atoms with Crippen molar-refractivity contribution in [1.82, 2.24) is 5.32 Å². The first-order chi connectivity index (χ1) is 11.4. The maximum Gasteiger partial charge on any atom is 0.265 e. The number of carbonyl (C=O) groups excluding carboxylic acids is 2. The van der Waals surface area contributed by atoms with Crippen molar-refractivity contribution in [1.29, 1.82) is 0 Å². The molecule has 2 aromatic carbocycles. The SMILES string of the molecule is CNC(=O)c1ccccc1NC(=O)C(C)Oc1ccc(F)cc1Br. The van der Waals surface area contributed by atoms with Gasteiger partial charge >= 0.3 is 0 Å². The summed E-state index contributed by atoms with van der Waals surface area (Å²) in [6.07, 6.45) is -0.843. The molecule has 0 aromatic heterocycles. The summed E-state index contributed by atoms with van der Waals surface area (Å²) >= 11 is 3.18. The molecule has 0 aliphatic carbocycles. The molecule has 5 nitrogen and oxygen atoms in total. The van der Waals surface area contributed by atoms with Crippen LogP contribution in [0.4, 0.5) is 10.1 Å². The van der Waals surface area contributed by atoms with E-state index < -0.39 is 17.8 Å². The zero-order chi connectivity index (χ0) is 17.7. The number of rotatable bonds is 5. The van der Waals surface area contributed by atoms with Gasteiger partial charge in [-0.2, -0.15) is 0 Å². The average Bonchev–Trinajstić information content (AvgIpc) is 2.57. The second kappa shape index (κ2) is 7.92. The number of nitrogens with one attached hydrogen (secondary N) is 2. The van der Waals surface area contributed by atoms with Gasteiger partial charge in [0.15, 0.2) is 6.10 Å². The van der Waals surface area contributed by atoms with E-state index in [1.165, 1.54) is 25.2 Å². The molecule has 24 heavy (non-hydrogen) atoms. The highest BCUT2D eigenvalue weighted by atomic mass is 79.9. The molecule has 0 saturated carbocycles. The zero-order valence-corrected chi connectivity index (χ0v) is 14.7. The molecule has 126 valence electrons. The second-order valence-corrected chi connectivity index (χ2v) is 5.80. The van der Waals surface area contributed by atoms with Crippen molar-refractivity contribution in [3.63, 3.8) is 0 Å². The Hall–Kier alpha value is -2.41. The molecule has 1 unspecified atom stereocenters. The van der Waals surface area contributed by atoms with Gasteiger partial charge in [-0.1, -0.05) is 12.1 Å². The summed E-state index contributed by atoms with van der Waals surface area (Å²) in [5.41, 5.74) is 0.735. The molecule has 2 aromatic rings. The van der Waals surface area contributed by atoms with Gasteiger partial charge in [-0.25, -0.2) is 4.39 Å². The molecule has 0 bridgehead atoms. The lowest BCUT2D eigenvalue weighted by atomic mass is 10.1. The van der Waals surface area contributed by atoms with Crippen molar-refractivity contribution < 1.29 is 18.7 Å². The van der Waals surface area contributed by atoms with Crippen LogP contribution in [0.5, 0.6) is 5.75 Å². The highest BCUT2D eigenvalue weighted by Gasteiger charge is 2.19. The Morgan fingerprint density at radius 1 is 1.21 bits per heavy atom. The molecule has 1 atom stereocenters. The van der Waals surface area contributed by atoms with Crippen LogP contribution in [-0.4, -0.2) is 25.0 Å². The number of benzene rings is 2. The van der Waals surface area contributed by atoms with E-state index in [4.69, 9.17) is 4.74 Å². The van der Waals surface area contributed by atoms with Gasteiger partial charge in [-0.3, -0.25) is 9.59 Å². The van der Waals surface area contributed by atoms with E-state index in [1.807, 2.05) is 0 Å². The standard InChI is InChI=1S/C17H16BrFN2O3/c1-10(24-15-8-7-11(19)9-13(15)18)16(22)21-14-6-4-3-5-12(14)17(23)20-2/h3-10H,1-2H3,(H,20,23)(H,21,22). The minimum absolute atomic E-state index is 0.305. The van der Waals surface area contributed by atoms with Crippen LogP contribution in [0.2, 0.25) is 0 Å². The van der Waals surface area contributed by atoms with Gasteiger partial charge in [0.2, 0.25) is 0 Å². The molecule has 0 saturated heterocycles. The number of carbonyl (C=O) groups is 2. The summed E-state index contributed by atoms with van der Waals surface area (Å²) in [4.78, 5) is 24.1. The molecule has 0 spiro atoms. The number of anilines is 1. The Labute approximate surface area is 147 Å². The summed E-state index contributed by atoms with van der Waals surface area (Å²) in [6, 6.07) is 10.6. The molecule has 2 amide bonds. The number of amides is 2. The quantitative estimate of drug-likeness (QED) is 0.816. The Bertz CT molecular complexity index is 767. The molecule has 0 fully saturated rings. The van der Waals surface area contributed by atoms with Crippen molar-refractivity contribution in [3.05, 3.63) is 58.3 Å². The van der Waals surface area contributed by atoms with Gasteiger partial charge in [0, 0.05) is 7.05 Å². The van der Waals surface area contributed by atoms with Crippen molar-refractivity contribution in [2.75, 3.05) is 12.4 Å². The first-order valence-electron chi connectivity index (χ1n) is 7.16. The van der Waals surface area contributed by atoms with Gasteiger partial charge < -0.3 is 15.4 Å². The highest BCUT2D eigenvalue weighted by molar-refractivity contribution is 9.10. The van der Waals surface area contributed by atoms with E-state index in [-0.39, 0.29) is 5.91 Å². The number of ether oxygens (including phenoxy) is 1. The van der Waals surface area contributed by atoms with E-state index in [9.17, 15) is 14.0 Å². The lowest BCUT2D eigenvalue weighted by molar-refractivity contribution is -0.122. The largest absolute Gasteiger partial charge is 0.480 e. The Morgan fingerprint density at radius 3 is 2.58 bits per heavy atom. The molecule has 0 aliphatic heterocycles. The molecular weight excluding hydrogens is 379 g/mol. The van der Waals surface area contributed by atoms with Crippen LogP contribution >= 0.6 is 15.9 Å². The van der Waals surface area contributed by atoms with E-state index in [0.717, 1.165) is 0 Å². The molecule has 7 heteroatoms. The Balaban J connectivity index is 2.11. The highest BCUT2D eigenvalue weighted by Crippen LogP contribution is 2.26. The number of hydrogen-bond donors (Lipinski definition) is 2. The van der Waals surface area contributed by atoms with Crippen LogP contribution in [0.1, 0.15) is 17.3 Å². The van der Waals surface area contributed by atoms with E-state index >= 15 is 0 Å². The van der Waals surface area contributed by atoms with Crippen molar-refractivity contribution in [2.24, 2.45) is 0 Å². The average molecular weight is 395 g/mol. The third-order valence-electron chi connectivity index (χ3n) is 3.22. The lowest BCUT2D eigenvalue weighted by Gasteiger charge is -2.17. The van der Waals surface area contributed by atoms with Crippen LogP contribution < -0.4 is 15.4 Å². The third kappa shape index (κ3) is 4.32. The summed E-state index contributed by atoms with van der Waals surface area (Å²) < 4.78 is 19.0. The Morgan fingerprint density at radius 2 is 1.92 bits per heavy atom. The first-order valence-corrected chi connectivity index (χ1v) is 7.95. The minimum atomic E-state index is -0.843. The molecule has 0 radical (unpaired) electrons. The van der Waals surface area contributed by atoms with Crippen LogP contribution in [0, 0.1) is 5.82 Å². The smallest absolute Gasteiger partial charge is 0.265 e. The number of para-hydroxylation sites is 1. The molecule has 2 rings (SSSR count). The summed E-state index contributed by atoms with van der Waals surface area (Å²) in [5, 5.41) is 5.18. The molecule has 0 aliphatic rings. The summed E-state index contributed by atoms with van der Waals surface area (Å²) in [5.74, 6) is -0.798. The van der Waals surface area contributed by atoms with E-state index in [1.54, 1.807) is 31.2 Å². The summed E-state index contributed by atoms with van der Waals surface area (Å²) in [6.45, 7) is 1.56. The second-order valence-electron chi connectivity index (χ2n) is 4.95. The number of halogens is 2. The monoisotopic (exact) mass is 394 g/mol. The lowest BCUT2D eigenvalue weighted by Crippen LogP contribution is -2.31. The van der Waals surface area contributed by atoms with Crippen molar-refractivity contribution in [3.8, 4) is 5.75 Å². The van der Waals surface area contributed by atoms with Crippen LogP contribution in [0.15, 0.2) is 46.9 Å². The van der Waals surface area contributed by atoms with E-state index in [0.29, 0.717) is 21.5 Å². The Kier molecular flexibility index (Phi) is 5.92. The van der Waals surface area contributed by atoms with Gasteiger partial charge in [-0.05, 0) is 53.2 Å². The third-order valence-corrected chi connectivity index (χ3v) is 3.84. The first kappa shape index (κ1) is 17.9. The predicted octanol–water partition coefficient (Wildman–Crippen LogP) is 3.35. The molecule has 2 N–H and O–H groups in total. The van der Waals surface area contributed by atoms with Crippen LogP contribution in [0.25, 0.3) is 0 Å². The normalized spacial score (nSPS) is 11.5. The van der Waals surface area contributed by atoms with Crippen LogP contribution in [0.3, 0.4) is 0 Å². The fourth-order valence-corrected chi connectivity index (χ4v) is 2.42. The fraction of sp³-hybridized carbons (Fsp3) is 0.176. The van der Waals surface area contributed by atoms with Gasteiger partial charge in [-0.15, -0.1) is 0 Å². The maximum atomic E-state index is 13.1. The fourth-order valence-electron chi connectivity index (χ4n) is 1.97. The molecular formula is C17H16BrFN2O3. The van der Waals surface area contributed by atoms with Crippen molar-refractivity contribution in [2.45, 2.75) is 13.0 Å². The summed E-state index contributed by atoms with van der Waals surface area (Å²) in [7, 11) is 1.51. The van der Waals surface area contributed by atoms with E-state index in [2.05, 4.69) is 26.6 Å². The predicted molar refractivity (Wildman–Crippen MR) is 92.7 cm³/mol. The van der Waals surface area contributed by atoms with Gasteiger partial charge in [0.25, 0.3) is 11.8 Å². The maximum absolute atomic E-state index is 13.1. The zero-order valence-electron chi connectivity index (χ0n) is 13.1. The topological polar surface area (TPSA) is 67.4 Å². The number of hydrogen-bond acceptors (Lipinski definition) is 3. The molecule has 0 heterocycles. The minimum Gasteiger partial charge on any atom is -0.480 e.